The van der Waals surface area contributed by atoms with E-state index in [1.807, 2.05) is 49.1 Å². The number of anilines is 1. The Morgan fingerprint density at radius 2 is 1.68 bits per heavy atom. The first-order chi connectivity index (χ1) is 13.5. The number of para-hydroxylation sites is 1. The minimum Gasteiger partial charge on any atom is -0.341 e. The minimum absolute atomic E-state index is 0.0461. The molecule has 2 saturated heterocycles. The van der Waals surface area contributed by atoms with E-state index in [1.54, 1.807) is 4.90 Å². The van der Waals surface area contributed by atoms with Crippen LogP contribution in [0.15, 0.2) is 30.3 Å². The maximum atomic E-state index is 12.9. The summed E-state index contributed by atoms with van der Waals surface area (Å²) >= 11 is 0. The fraction of sp³-hybridized carbons (Fsp3) is 0.571. The second-order valence-corrected chi connectivity index (χ2v) is 7.91. The van der Waals surface area contributed by atoms with E-state index in [4.69, 9.17) is 0 Å². The predicted molar refractivity (Wildman–Crippen MR) is 108 cm³/mol. The molecule has 2 fully saturated rings. The normalized spacial score (nSPS) is 20.3. The lowest BCUT2D eigenvalue weighted by atomic mass is 10.0. The van der Waals surface area contributed by atoms with E-state index in [1.165, 1.54) is 0 Å². The quantitative estimate of drug-likeness (QED) is 0.834. The topological polar surface area (TPSA) is 81.8 Å². The van der Waals surface area contributed by atoms with Crippen molar-refractivity contribution in [3.05, 3.63) is 30.3 Å². The van der Waals surface area contributed by atoms with E-state index < -0.39 is 0 Å². The van der Waals surface area contributed by atoms with Gasteiger partial charge < -0.3 is 20.4 Å². The fourth-order valence-electron chi connectivity index (χ4n) is 3.95. The van der Waals surface area contributed by atoms with Crippen LogP contribution in [0.4, 0.5) is 10.5 Å². The molecule has 7 nitrogen and oxygen atoms in total. The van der Waals surface area contributed by atoms with Crippen LogP contribution in [0.5, 0.6) is 0 Å². The number of nitrogens with one attached hydrogen (secondary N) is 2. The molecule has 0 aliphatic carbocycles. The third-order valence-corrected chi connectivity index (χ3v) is 5.49. The third kappa shape index (κ3) is 4.82. The molecule has 0 bridgehead atoms. The second-order valence-electron chi connectivity index (χ2n) is 7.91. The Kier molecular flexibility index (Phi) is 6.54. The Morgan fingerprint density at radius 1 is 1.00 bits per heavy atom. The fourth-order valence-corrected chi connectivity index (χ4v) is 3.95. The molecule has 1 unspecified atom stereocenters. The largest absolute Gasteiger partial charge is 0.341 e. The van der Waals surface area contributed by atoms with E-state index in [0.717, 1.165) is 31.4 Å². The first-order valence-corrected chi connectivity index (χ1v) is 10.2. The zero-order valence-corrected chi connectivity index (χ0v) is 16.7. The molecule has 0 radical (unpaired) electrons. The molecule has 2 aliphatic rings. The summed E-state index contributed by atoms with van der Waals surface area (Å²) in [6.07, 6.45) is 3.07. The molecule has 3 rings (SSSR count). The summed E-state index contributed by atoms with van der Waals surface area (Å²) in [5.74, 6) is 0.0233. The van der Waals surface area contributed by atoms with Gasteiger partial charge in [0.25, 0.3) is 0 Å². The highest BCUT2D eigenvalue weighted by Gasteiger charge is 2.38. The zero-order chi connectivity index (χ0) is 20.1. The number of carbonyl (C=O) groups is 3. The number of likely N-dealkylation sites (tertiary alicyclic amines) is 2. The van der Waals surface area contributed by atoms with Crippen LogP contribution in [-0.4, -0.2) is 59.4 Å². The monoisotopic (exact) mass is 386 g/mol. The number of amides is 4. The average molecular weight is 386 g/mol. The molecule has 1 aromatic rings. The molecule has 0 spiro atoms. The van der Waals surface area contributed by atoms with Gasteiger partial charge in [0, 0.05) is 37.3 Å². The van der Waals surface area contributed by atoms with Crippen molar-refractivity contribution < 1.29 is 14.4 Å². The maximum absolute atomic E-state index is 12.9. The molecule has 7 heteroatoms. The molecule has 2 N–H and O–H groups in total. The molecule has 0 saturated carbocycles. The Bertz CT molecular complexity index is 699. The summed E-state index contributed by atoms with van der Waals surface area (Å²) < 4.78 is 0. The van der Waals surface area contributed by atoms with Gasteiger partial charge in [-0.2, -0.15) is 0 Å². The lowest BCUT2D eigenvalue weighted by Crippen LogP contribution is -2.53. The minimum atomic E-state index is -0.319. The Hall–Kier alpha value is -2.57. The van der Waals surface area contributed by atoms with Crippen LogP contribution < -0.4 is 10.6 Å². The molecule has 152 valence electrons. The van der Waals surface area contributed by atoms with Crippen molar-refractivity contribution in [1.82, 2.24) is 15.1 Å². The number of hydrogen-bond acceptors (Lipinski definition) is 3. The van der Waals surface area contributed by atoms with Crippen LogP contribution in [0, 0.1) is 5.92 Å². The van der Waals surface area contributed by atoms with E-state index in [2.05, 4.69) is 10.6 Å². The van der Waals surface area contributed by atoms with Crippen LogP contribution in [0.25, 0.3) is 0 Å². The maximum Gasteiger partial charge on any atom is 0.319 e. The highest BCUT2D eigenvalue weighted by molar-refractivity contribution is 5.90. The second kappa shape index (κ2) is 9.08. The molecule has 1 aromatic carbocycles. The summed E-state index contributed by atoms with van der Waals surface area (Å²) in [7, 11) is 0. The van der Waals surface area contributed by atoms with Gasteiger partial charge in [0.1, 0.15) is 6.04 Å². The van der Waals surface area contributed by atoms with Gasteiger partial charge in [0.05, 0.1) is 0 Å². The summed E-state index contributed by atoms with van der Waals surface area (Å²) in [5.41, 5.74) is 0.753. The zero-order valence-electron chi connectivity index (χ0n) is 16.7. The Balaban J connectivity index is 1.47. The Morgan fingerprint density at radius 3 is 2.32 bits per heavy atom. The van der Waals surface area contributed by atoms with E-state index >= 15 is 0 Å². The number of hydrogen-bond donors (Lipinski definition) is 2. The summed E-state index contributed by atoms with van der Waals surface area (Å²) in [6, 6.07) is 8.83. The van der Waals surface area contributed by atoms with Gasteiger partial charge in [0.15, 0.2) is 0 Å². The lowest BCUT2D eigenvalue weighted by Gasteiger charge is -2.36. The summed E-state index contributed by atoms with van der Waals surface area (Å²) in [6.45, 7) is 5.63. The van der Waals surface area contributed by atoms with Gasteiger partial charge in [-0.1, -0.05) is 32.0 Å². The number of piperidine rings is 1. The number of carbonyl (C=O) groups excluding carboxylic acids is 3. The van der Waals surface area contributed by atoms with Crippen LogP contribution >= 0.6 is 0 Å². The lowest BCUT2D eigenvalue weighted by molar-refractivity contribution is -0.146. The number of nitrogens with zero attached hydrogens (tertiary/aromatic N) is 2. The third-order valence-electron chi connectivity index (χ3n) is 5.49. The van der Waals surface area contributed by atoms with Crippen LogP contribution in [0.1, 0.15) is 39.5 Å². The van der Waals surface area contributed by atoms with Crippen LogP contribution in [0.3, 0.4) is 0 Å². The van der Waals surface area contributed by atoms with Gasteiger partial charge in [-0.05, 0) is 37.8 Å². The molecule has 28 heavy (non-hydrogen) atoms. The smallest absolute Gasteiger partial charge is 0.319 e. The van der Waals surface area contributed by atoms with Crippen molar-refractivity contribution in [2.24, 2.45) is 5.92 Å². The van der Waals surface area contributed by atoms with Crippen molar-refractivity contribution >= 4 is 23.5 Å². The van der Waals surface area contributed by atoms with Crippen molar-refractivity contribution in [2.45, 2.75) is 51.6 Å². The molecule has 4 amide bonds. The molecule has 0 aromatic heterocycles. The predicted octanol–water partition coefficient (Wildman–Crippen LogP) is 2.45. The molecule has 2 aliphatic heterocycles. The molecule has 2 heterocycles. The van der Waals surface area contributed by atoms with Gasteiger partial charge in [0.2, 0.25) is 11.8 Å². The Labute approximate surface area is 166 Å². The van der Waals surface area contributed by atoms with E-state index in [0.29, 0.717) is 19.6 Å². The first-order valence-electron chi connectivity index (χ1n) is 10.2. The molecule has 1 atom stereocenters. The SMILES string of the molecule is CC(C)C(=O)N1CCCC1C(=O)N1CCC(NC(=O)Nc2ccccc2)CC1. The van der Waals surface area contributed by atoms with Crippen molar-refractivity contribution in [3.8, 4) is 0 Å². The van der Waals surface area contributed by atoms with Gasteiger partial charge in [-0.15, -0.1) is 0 Å². The van der Waals surface area contributed by atoms with Crippen molar-refractivity contribution in [3.63, 3.8) is 0 Å². The number of benzene rings is 1. The standard InChI is InChI=1S/C21H30N4O3/c1-15(2)19(26)25-12-6-9-18(25)20(27)24-13-10-17(11-14-24)23-21(28)22-16-7-4-3-5-8-16/h3-5,7-8,15,17-18H,6,9-14H2,1-2H3,(H2,22,23,28). The molecular formula is C21H30N4O3. The number of urea groups is 1. The molecular weight excluding hydrogens is 356 g/mol. The summed E-state index contributed by atoms with van der Waals surface area (Å²) in [5, 5.41) is 5.81. The van der Waals surface area contributed by atoms with Gasteiger partial charge >= 0.3 is 6.03 Å². The van der Waals surface area contributed by atoms with E-state index in [9.17, 15) is 14.4 Å². The van der Waals surface area contributed by atoms with Gasteiger partial charge in [-0.25, -0.2) is 4.79 Å². The highest BCUT2D eigenvalue weighted by atomic mass is 16.2. The highest BCUT2D eigenvalue weighted by Crippen LogP contribution is 2.23. The van der Waals surface area contributed by atoms with Crippen molar-refractivity contribution in [2.75, 3.05) is 25.0 Å². The van der Waals surface area contributed by atoms with Crippen LogP contribution in [-0.2, 0) is 9.59 Å². The van der Waals surface area contributed by atoms with Crippen LogP contribution in [0.2, 0.25) is 0 Å². The summed E-state index contributed by atoms with van der Waals surface area (Å²) in [4.78, 5) is 41.1. The number of rotatable bonds is 4. The first kappa shape index (κ1) is 20.2. The van der Waals surface area contributed by atoms with E-state index in [-0.39, 0.29) is 35.8 Å². The van der Waals surface area contributed by atoms with Gasteiger partial charge in [-0.3, -0.25) is 9.59 Å². The average Bonchev–Trinajstić information content (AvgIpc) is 3.17. The van der Waals surface area contributed by atoms with Crippen molar-refractivity contribution in [1.29, 1.82) is 0 Å².